The molecule has 71 valence electrons. The minimum Gasteiger partial charge on any atom is -0.207 e. The lowest BCUT2D eigenvalue weighted by Gasteiger charge is -2.42. The monoisotopic (exact) mass is 192 g/mol. The quantitative estimate of drug-likeness (QED) is 0.671. The second kappa shape index (κ2) is 2.78. The van der Waals surface area contributed by atoms with E-state index in [9.17, 15) is 8.78 Å². The highest BCUT2D eigenvalue weighted by Gasteiger charge is 2.57. The van der Waals surface area contributed by atoms with E-state index >= 15 is 0 Å². The third-order valence-corrected chi connectivity index (χ3v) is 2.61. The largest absolute Gasteiger partial charge is 0.251 e. The summed E-state index contributed by atoms with van der Waals surface area (Å²) < 4.78 is 25.5. The van der Waals surface area contributed by atoms with Crippen LogP contribution in [0.5, 0.6) is 0 Å². The number of alkyl halides is 2. The van der Waals surface area contributed by atoms with Gasteiger partial charge in [0.25, 0.3) is 5.92 Å². The molecule has 0 spiro atoms. The van der Waals surface area contributed by atoms with Gasteiger partial charge in [0.05, 0.1) is 11.5 Å². The van der Waals surface area contributed by atoms with Crippen molar-refractivity contribution in [2.75, 3.05) is 0 Å². The van der Waals surface area contributed by atoms with Gasteiger partial charge in [-0.2, -0.15) is 5.26 Å². The number of hydrogen-bond donors (Lipinski definition) is 0. The fourth-order valence-electron chi connectivity index (χ4n) is 1.88. The van der Waals surface area contributed by atoms with E-state index in [0.717, 1.165) is 0 Å². The first-order valence-corrected chi connectivity index (χ1v) is 4.34. The second-order valence-electron chi connectivity index (χ2n) is 3.69. The van der Waals surface area contributed by atoms with Crippen molar-refractivity contribution in [2.45, 2.75) is 24.2 Å². The molecule has 1 saturated carbocycles. The van der Waals surface area contributed by atoms with Crippen LogP contribution in [0.3, 0.4) is 0 Å². The van der Waals surface area contributed by atoms with Crippen LogP contribution in [0.15, 0.2) is 24.3 Å². The number of halogens is 2. The van der Waals surface area contributed by atoms with Crippen LogP contribution in [-0.4, -0.2) is 5.92 Å². The summed E-state index contributed by atoms with van der Waals surface area (Å²) in [5.74, 6) is -2.67. The molecule has 0 aromatic heterocycles. The highest BCUT2D eigenvalue weighted by atomic mass is 19.3. The van der Waals surface area contributed by atoms with Crippen LogP contribution in [0, 0.1) is 17.4 Å². The van der Waals surface area contributed by atoms with Gasteiger partial charge in [0.2, 0.25) is 0 Å². The first-order valence-electron chi connectivity index (χ1n) is 4.34. The molecule has 1 radical (unpaired) electrons. The van der Waals surface area contributed by atoms with Crippen molar-refractivity contribution < 1.29 is 8.78 Å². The summed E-state index contributed by atoms with van der Waals surface area (Å²) in [5.41, 5.74) is -0.303. The lowest BCUT2D eigenvalue weighted by Crippen LogP contribution is -2.48. The van der Waals surface area contributed by atoms with Crippen LogP contribution in [0.4, 0.5) is 8.78 Å². The second-order valence-corrected chi connectivity index (χ2v) is 3.69. The Morgan fingerprint density at radius 1 is 1.29 bits per heavy atom. The zero-order chi connectivity index (χ0) is 10.2. The van der Waals surface area contributed by atoms with Gasteiger partial charge in [0.1, 0.15) is 0 Å². The third kappa shape index (κ3) is 1.27. The number of nitriles is 1. The molecule has 0 N–H and O–H groups in total. The number of hydrogen-bond acceptors (Lipinski definition) is 1. The third-order valence-electron chi connectivity index (χ3n) is 2.61. The van der Waals surface area contributed by atoms with Crippen molar-refractivity contribution >= 4 is 0 Å². The van der Waals surface area contributed by atoms with E-state index in [4.69, 9.17) is 5.26 Å². The lowest BCUT2D eigenvalue weighted by atomic mass is 9.63. The molecular weight excluding hydrogens is 184 g/mol. The maximum atomic E-state index is 12.7. The number of nitrogens with zero attached hydrogens (tertiary/aromatic N) is 1. The Morgan fingerprint density at radius 3 is 2.29 bits per heavy atom. The van der Waals surface area contributed by atoms with Gasteiger partial charge >= 0.3 is 0 Å². The molecule has 1 aromatic carbocycles. The molecule has 1 nitrogen and oxygen atoms in total. The molecule has 14 heavy (non-hydrogen) atoms. The molecule has 0 saturated heterocycles. The summed E-state index contributed by atoms with van der Waals surface area (Å²) >= 11 is 0. The van der Waals surface area contributed by atoms with Gasteiger partial charge in [-0.05, 0) is 11.6 Å². The number of rotatable bonds is 1. The average Bonchev–Trinajstić information content (AvgIpc) is 2.15. The van der Waals surface area contributed by atoms with E-state index in [2.05, 4.69) is 6.07 Å². The van der Waals surface area contributed by atoms with Crippen LogP contribution in [0.1, 0.15) is 18.4 Å². The topological polar surface area (TPSA) is 23.8 Å². The molecule has 0 heterocycles. The molecule has 3 heteroatoms. The Bertz CT molecular complexity index is 370. The normalized spacial score (nSPS) is 22.1. The van der Waals surface area contributed by atoms with Gasteiger partial charge in [-0.1, -0.05) is 24.3 Å². The molecule has 0 bridgehead atoms. The molecule has 0 unspecified atom stereocenters. The van der Waals surface area contributed by atoms with Crippen LogP contribution in [0.2, 0.25) is 0 Å². The molecule has 0 amide bonds. The smallest absolute Gasteiger partial charge is 0.207 e. The van der Waals surface area contributed by atoms with Crippen molar-refractivity contribution in [3.8, 4) is 6.07 Å². The van der Waals surface area contributed by atoms with E-state index in [1.165, 1.54) is 0 Å². The van der Waals surface area contributed by atoms with Crippen LogP contribution < -0.4 is 0 Å². The van der Waals surface area contributed by atoms with Gasteiger partial charge < -0.3 is 0 Å². The zero-order valence-electron chi connectivity index (χ0n) is 7.43. The maximum absolute atomic E-state index is 12.7. The Hall–Kier alpha value is -1.43. The van der Waals surface area contributed by atoms with Gasteiger partial charge in [-0.3, -0.25) is 0 Å². The van der Waals surface area contributed by atoms with E-state index in [1.807, 2.05) is 6.07 Å². The molecule has 0 atom stereocenters. The highest BCUT2D eigenvalue weighted by Crippen LogP contribution is 2.52. The van der Waals surface area contributed by atoms with Crippen molar-refractivity contribution in [3.63, 3.8) is 0 Å². The molecule has 1 aliphatic carbocycles. The zero-order valence-corrected chi connectivity index (χ0v) is 7.43. The van der Waals surface area contributed by atoms with Crippen LogP contribution in [-0.2, 0) is 5.41 Å². The van der Waals surface area contributed by atoms with Gasteiger partial charge in [0.15, 0.2) is 0 Å². The fourth-order valence-corrected chi connectivity index (χ4v) is 1.88. The van der Waals surface area contributed by atoms with Crippen molar-refractivity contribution in [2.24, 2.45) is 0 Å². The highest BCUT2D eigenvalue weighted by molar-refractivity contribution is 5.37. The van der Waals surface area contributed by atoms with Crippen LogP contribution in [0.25, 0.3) is 0 Å². The predicted octanol–water partition coefficient (Wildman–Crippen LogP) is 2.68. The Morgan fingerprint density at radius 2 is 1.86 bits per heavy atom. The Balaban J connectivity index is 2.31. The molecule has 0 aliphatic heterocycles. The summed E-state index contributed by atoms with van der Waals surface area (Å²) in [4.78, 5) is 0. The molecule has 1 aromatic rings. The molecule has 2 rings (SSSR count). The molecule has 1 aliphatic rings. The first kappa shape index (κ1) is 9.14. The minimum atomic E-state index is -2.67. The van der Waals surface area contributed by atoms with Crippen molar-refractivity contribution in [1.29, 1.82) is 5.26 Å². The summed E-state index contributed by atoms with van der Waals surface area (Å²) in [6.07, 6.45) is -0.721. The fraction of sp³-hybridized carbons (Fsp3) is 0.364. The maximum Gasteiger partial charge on any atom is 0.251 e. The van der Waals surface area contributed by atoms with Gasteiger partial charge in [-0.25, -0.2) is 8.78 Å². The van der Waals surface area contributed by atoms with E-state index in [0.29, 0.717) is 5.56 Å². The number of benzene rings is 1. The van der Waals surface area contributed by atoms with Crippen molar-refractivity contribution in [3.05, 3.63) is 35.9 Å². The van der Waals surface area contributed by atoms with E-state index in [-0.39, 0.29) is 12.8 Å². The van der Waals surface area contributed by atoms with E-state index < -0.39 is 11.3 Å². The Labute approximate surface area is 81.0 Å². The standard InChI is InChI=1S/C11H8F2N/c12-11(13)6-10(7-11,8-14)9-4-2-1-3-5-9/h2-5H,6-7H2. The Kier molecular flexibility index (Phi) is 1.81. The molecular formula is C11H8F2N. The summed E-state index contributed by atoms with van der Waals surface area (Å²) in [6.45, 7) is 0. The average molecular weight is 192 g/mol. The summed E-state index contributed by atoms with van der Waals surface area (Å²) in [6, 6.07) is 11.4. The first-order chi connectivity index (χ1) is 6.58. The van der Waals surface area contributed by atoms with E-state index in [1.54, 1.807) is 24.3 Å². The minimum absolute atomic E-state index is 0.361. The summed E-state index contributed by atoms with van der Waals surface area (Å²) in [7, 11) is 0. The lowest BCUT2D eigenvalue weighted by molar-refractivity contribution is -0.109. The van der Waals surface area contributed by atoms with Crippen molar-refractivity contribution in [1.82, 2.24) is 0 Å². The van der Waals surface area contributed by atoms with Gasteiger partial charge in [0, 0.05) is 12.8 Å². The molecule has 1 fully saturated rings. The predicted molar refractivity (Wildman–Crippen MR) is 46.8 cm³/mol. The SMILES string of the molecule is N#CC1(c2cc[c]cc2)CC(F)(F)C1. The summed E-state index contributed by atoms with van der Waals surface area (Å²) in [5, 5.41) is 8.93. The van der Waals surface area contributed by atoms with Crippen LogP contribution >= 0.6 is 0 Å². The van der Waals surface area contributed by atoms with Gasteiger partial charge in [-0.15, -0.1) is 0 Å².